The summed E-state index contributed by atoms with van der Waals surface area (Å²) < 4.78 is 19.9. The van der Waals surface area contributed by atoms with Gasteiger partial charge in [-0.05, 0) is 25.2 Å². The molecule has 0 aliphatic heterocycles. The van der Waals surface area contributed by atoms with E-state index in [0.717, 1.165) is 0 Å². The van der Waals surface area contributed by atoms with Crippen LogP contribution in [0.5, 0.6) is 11.5 Å². The lowest BCUT2D eigenvalue weighted by Gasteiger charge is -2.12. The highest BCUT2D eigenvalue weighted by atomic mass is 79.9. The lowest BCUT2D eigenvalue weighted by atomic mass is 10.2. The molecule has 0 fully saturated rings. The predicted molar refractivity (Wildman–Crippen MR) is 80.0 cm³/mol. The molecule has 0 spiro atoms. The molecule has 0 aliphatic rings. The summed E-state index contributed by atoms with van der Waals surface area (Å²) in [6.45, 7) is 0.386. The van der Waals surface area contributed by atoms with Gasteiger partial charge in [0.25, 0.3) is 0 Å². The van der Waals surface area contributed by atoms with E-state index in [-0.39, 0.29) is 17.2 Å². The van der Waals surface area contributed by atoms with Crippen LogP contribution in [-0.2, 0) is 6.54 Å². The van der Waals surface area contributed by atoms with Crippen LogP contribution < -0.4 is 10.1 Å². The summed E-state index contributed by atoms with van der Waals surface area (Å²) in [5, 5.41) is 14.0. The Kier molecular flexibility index (Phi) is 4.87. The minimum atomic E-state index is -0.571. The van der Waals surface area contributed by atoms with E-state index in [1.807, 2.05) is 0 Å². The van der Waals surface area contributed by atoms with Crippen molar-refractivity contribution in [2.24, 2.45) is 0 Å². The average molecular weight is 355 g/mol. The van der Waals surface area contributed by atoms with Crippen molar-refractivity contribution in [2.75, 3.05) is 7.05 Å². The topological polar surface area (TPSA) is 64.4 Å². The standard InChI is InChI=1S/C14H12BrFN2O3/c1-17-8-9-3-2-4-11(16)14(9)21-13-6-5-10(15)7-12(13)18(19)20/h2-7,17H,8H2,1H3. The van der Waals surface area contributed by atoms with Gasteiger partial charge in [-0.25, -0.2) is 4.39 Å². The molecular weight excluding hydrogens is 343 g/mol. The molecule has 0 bridgehead atoms. The van der Waals surface area contributed by atoms with Crippen LogP contribution in [0.3, 0.4) is 0 Å². The van der Waals surface area contributed by atoms with Crippen molar-refractivity contribution in [3.05, 3.63) is 62.4 Å². The molecule has 0 atom stereocenters. The molecule has 0 saturated heterocycles. The van der Waals surface area contributed by atoms with Crippen molar-refractivity contribution in [3.8, 4) is 11.5 Å². The summed E-state index contributed by atoms with van der Waals surface area (Å²) in [6, 6.07) is 8.84. The van der Waals surface area contributed by atoms with Gasteiger partial charge in [-0.2, -0.15) is 0 Å². The maximum Gasteiger partial charge on any atom is 0.312 e. The van der Waals surface area contributed by atoms with E-state index in [1.165, 1.54) is 18.2 Å². The van der Waals surface area contributed by atoms with Crippen LogP contribution in [0.15, 0.2) is 40.9 Å². The lowest BCUT2D eigenvalue weighted by molar-refractivity contribution is -0.385. The number of benzene rings is 2. The molecular formula is C14H12BrFN2O3. The molecule has 0 heterocycles. The number of hydrogen-bond donors (Lipinski definition) is 1. The maximum atomic E-state index is 13.9. The Labute approximate surface area is 129 Å². The molecule has 0 aromatic heterocycles. The second-order valence-electron chi connectivity index (χ2n) is 4.23. The molecule has 0 unspecified atom stereocenters. The van der Waals surface area contributed by atoms with Crippen molar-refractivity contribution in [1.29, 1.82) is 0 Å². The third-order valence-electron chi connectivity index (χ3n) is 2.75. The molecule has 2 aromatic carbocycles. The monoisotopic (exact) mass is 354 g/mol. The number of nitro groups is 1. The number of halogens is 2. The van der Waals surface area contributed by atoms with E-state index < -0.39 is 10.7 Å². The highest BCUT2D eigenvalue weighted by Crippen LogP contribution is 2.36. The second kappa shape index (κ2) is 6.64. The SMILES string of the molecule is CNCc1cccc(F)c1Oc1ccc(Br)cc1[N+](=O)[O-]. The van der Waals surface area contributed by atoms with Crippen molar-refractivity contribution >= 4 is 21.6 Å². The number of rotatable bonds is 5. The Morgan fingerprint density at radius 1 is 1.38 bits per heavy atom. The Hall–Kier alpha value is -1.99. The predicted octanol–water partition coefficient (Wildman–Crippen LogP) is 4.01. The van der Waals surface area contributed by atoms with Crippen LogP contribution in [0.4, 0.5) is 10.1 Å². The molecule has 0 saturated carbocycles. The van der Waals surface area contributed by atoms with Crippen LogP contribution in [-0.4, -0.2) is 12.0 Å². The van der Waals surface area contributed by atoms with Crippen LogP contribution >= 0.6 is 15.9 Å². The molecule has 21 heavy (non-hydrogen) atoms. The molecule has 5 nitrogen and oxygen atoms in total. The van der Waals surface area contributed by atoms with Gasteiger partial charge in [0, 0.05) is 22.6 Å². The molecule has 2 aromatic rings. The summed E-state index contributed by atoms with van der Waals surface area (Å²) in [7, 11) is 1.72. The smallest absolute Gasteiger partial charge is 0.312 e. The largest absolute Gasteiger partial charge is 0.447 e. The molecule has 0 aliphatic carbocycles. The number of nitrogens with one attached hydrogen (secondary N) is 1. The fourth-order valence-electron chi connectivity index (χ4n) is 1.83. The minimum absolute atomic E-state index is 0.00865. The first kappa shape index (κ1) is 15.4. The van der Waals surface area contributed by atoms with Gasteiger partial charge in [-0.1, -0.05) is 28.1 Å². The van der Waals surface area contributed by atoms with Crippen molar-refractivity contribution in [2.45, 2.75) is 6.54 Å². The highest BCUT2D eigenvalue weighted by Gasteiger charge is 2.19. The number of para-hydroxylation sites is 1. The van der Waals surface area contributed by atoms with Gasteiger partial charge in [0.1, 0.15) is 0 Å². The summed E-state index contributed by atoms with van der Waals surface area (Å²) in [6.07, 6.45) is 0. The van der Waals surface area contributed by atoms with Crippen molar-refractivity contribution in [1.82, 2.24) is 5.32 Å². The molecule has 0 amide bonds. The minimum Gasteiger partial charge on any atom is -0.447 e. The maximum absolute atomic E-state index is 13.9. The summed E-state index contributed by atoms with van der Waals surface area (Å²) >= 11 is 3.16. The zero-order chi connectivity index (χ0) is 15.4. The first-order valence-electron chi connectivity index (χ1n) is 6.06. The van der Waals surface area contributed by atoms with Gasteiger partial charge in [0.2, 0.25) is 5.75 Å². The average Bonchev–Trinajstić information content (AvgIpc) is 2.44. The van der Waals surface area contributed by atoms with E-state index >= 15 is 0 Å². The van der Waals surface area contributed by atoms with Gasteiger partial charge in [0.05, 0.1) is 4.92 Å². The molecule has 0 radical (unpaired) electrons. The van der Waals surface area contributed by atoms with Gasteiger partial charge in [-0.15, -0.1) is 0 Å². The van der Waals surface area contributed by atoms with Gasteiger partial charge >= 0.3 is 5.69 Å². The zero-order valence-electron chi connectivity index (χ0n) is 11.1. The zero-order valence-corrected chi connectivity index (χ0v) is 12.7. The number of hydrogen-bond acceptors (Lipinski definition) is 4. The Bertz CT molecular complexity index is 679. The quantitative estimate of drug-likeness (QED) is 0.650. The summed E-state index contributed by atoms with van der Waals surface area (Å²) in [4.78, 5) is 10.5. The summed E-state index contributed by atoms with van der Waals surface area (Å²) in [5.74, 6) is -0.595. The third-order valence-corrected chi connectivity index (χ3v) is 3.24. The third kappa shape index (κ3) is 3.56. The lowest BCUT2D eigenvalue weighted by Crippen LogP contribution is -2.07. The van der Waals surface area contributed by atoms with Crippen molar-refractivity contribution in [3.63, 3.8) is 0 Å². The fourth-order valence-corrected chi connectivity index (χ4v) is 2.18. The molecule has 110 valence electrons. The van der Waals surface area contributed by atoms with Crippen LogP contribution in [0.2, 0.25) is 0 Å². The van der Waals surface area contributed by atoms with E-state index in [2.05, 4.69) is 21.2 Å². The Morgan fingerprint density at radius 3 is 2.81 bits per heavy atom. The number of nitro benzene ring substituents is 1. The van der Waals surface area contributed by atoms with Crippen molar-refractivity contribution < 1.29 is 14.1 Å². The van der Waals surface area contributed by atoms with E-state index in [1.54, 1.807) is 25.2 Å². The Morgan fingerprint density at radius 2 is 2.14 bits per heavy atom. The van der Waals surface area contributed by atoms with Crippen LogP contribution in [0, 0.1) is 15.9 Å². The molecule has 2 rings (SSSR count). The molecule has 7 heteroatoms. The first-order valence-corrected chi connectivity index (χ1v) is 6.86. The van der Waals surface area contributed by atoms with E-state index in [9.17, 15) is 14.5 Å². The molecule has 1 N–H and O–H groups in total. The first-order chi connectivity index (χ1) is 10.0. The van der Waals surface area contributed by atoms with E-state index in [0.29, 0.717) is 16.6 Å². The fraction of sp³-hybridized carbons (Fsp3) is 0.143. The van der Waals surface area contributed by atoms with Gasteiger partial charge in [0.15, 0.2) is 11.6 Å². The van der Waals surface area contributed by atoms with E-state index in [4.69, 9.17) is 4.74 Å². The van der Waals surface area contributed by atoms with Gasteiger partial charge < -0.3 is 10.1 Å². The van der Waals surface area contributed by atoms with Gasteiger partial charge in [-0.3, -0.25) is 10.1 Å². The summed E-state index contributed by atoms with van der Waals surface area (Å²) in [5.41, 5.74) is 0.345. The normalized spacial score (nSPS) is 10.4. The number of nitrogens with zero attached hydrogens (tertiary/aromatic N) is 1. The second-order valence-corrected chi connectivity index (χ2v) is 5.15. The van der Waals surface area contributed by atoms with Crippen LogP contribution in [0.1, 0.15) is 5.56 Å². The van der Waals surface area contributed by atoms with Crippen LogP contribution in [0.25, 0.3) is 0 Å². The highest BCUT2D eigenvalue weighted by molar-refractivity contribution is 9.10. The number of ether oxygens (including phenoxy) is 1. The Balaban J connectivity index is 2.45.